The Labute approximate surface area is 184 Å². The molecule has 0 aliphatic carbocycles. The van der Waals surface area contributed by atoms with Crippen LogP contribution >= 0.6 is 23.2 Å². The summed E-state index contributed by atoms with van der Waals surface area (Å²) in [7, 11) is 0. The molecule has 1 heterocycles. The lowest BCUT2D eigenvalue weighted by Gasteiger charge is -2.29. The molecule has 4 rings (SSSR count). The second kappa shape index (κ2) is 8.78. The molecule has 0 radical (unpaired) electrons. The highest BCUT2D eigenvalue weighted by atomic mass is 35.5. The van der Waals surface area contributed by atoms with Crippen molar-refractivity contribution in [2.24, 2.45) is 0 Å². The molecule has 0 atom stereocenters. The quantitative estimate of drug-likeness (QED) is 0.538. The van der Waals surface area contributed by atoms with Crippen LogP contribution in [0.25, 0.3) is 0 Å². The highest BCUT2D eigenvalue weighted by Crippen LogP contribution is 2.26. The third-order valence-corrected chi connectivity index (χ3v) is 5.70. The van der Waals surface area contributed by atoms with E-state index in [9.17, 15) is 9.59 Å². The van der Waals surface area contributed by atoms with E-state index < -0.39 is 0 Å². The predicted molar refractivity (Wildman–Crippen MR) is 120 cm³/mol. The first-order chi connectivity index (χ1) is 14.5. The second-order valence-corrected chi connectivity index (χ2v) is 7.85. The van der Waals surface area contributed by atoms with Crippen molar-refractivity contribution in [3.05, 3.63) is 93.5 Å². The van der Waals surface area contributed by atoms with Crippen LogP contribution in [-0.4, -0.2) is 23.4 Å². The number of hydrogen-bond donors (Lipinski definition) is 2. The number of benzene rings is 3. The van der Waals surface area contributed by atoms with E-state index in [1.807, 2.05) is 53.4 Å². The van der Waals surface area contributed by atoms with Crippen molar-refractivity contribution < 1.29 is 9.59 Å². The van der Waals surface area contributed by atoms with Crippen molar-refractivity contribution in [3.8, 4) is 0 Å². The fraction of sp³-hybridized carbons (Fsp3) is 0.130. The van der Waals surface area contributed by atoms with E-state index in [0.717, 1.165) is 12.0 Å². The third-order valence-electron chi connectivity index (χ3n) is 4.96. The van der Waals surface area contributed by atoms with Crippen LogP contribution in [0.4, 0.5) is 16.2 Å². The molecule has 0 saturated heterocycles. The Kier molecular flexibility index (Phi) is 5.93. The van der Waals surface area contributed by atoms with E-state index >= 15 is 0 Å². The van der Waals surface area contributed by atoms with Gasteiger partial charge >= 0.3 is 6.03 Å². The fourth-order valence-electron chi connectivity index (χ4n) is 3.44. The number of rotatable bonds is 3. The Hall–Kier alpha value is -3.02. The molecule has 0 unspecified atom stereocenters. The van der Waals surface area contributed by atoms with Crippen molar-refractivity contribution in [1.82, 2.24) is 4.90 Å². The number of nitrogens with one attached hydrogen (secondary N) is 2. The summed E-state index contributed by atoms with van der Waals surface area (Å²) < 4.78 is 0. The van der Waals surface area contributed by atoms with Crippen LogP contribution < -0.4 is 10.6 Å². The lowest BCUT2D eigenvalue weighted by Crippen LogP contribution is -2.36. The minimum atomic E-state index is -0.388. The van der Waals surface area contributed by atoms with Gasteiger partial charge in [0.25, 0.3) is 5.91 Å². The molecule has 3 aromatic rings. The Morgan fingerprint density at radius 1 is 0.800 bits per heavy atom. The number of amides is 3. The van der Waals surface area contributed by atoms with Crippen LogP contribution in [0.15, 0.2) is 66.7 Å². The monoisotopic (exact) mass is 439 g/mol. The van der Waals surface area contributed by atoms with E-state index in [1.165, 1.54) is 5.56 Å². The molecular weight excluding hydrogens is 421 g/mol. The smallest absolute Gasteiger partial charge is 0.323 e. The summed E-state index contributed by atoms with van der Waals surface area (Å²) in [4.78, 5) is 26.9. The number of carbonyl (C=O) groups is 2. The number of anilines is 2. The molecule has 1 aliphatic rings. The molecule has 1 aliphatic heterocycles. The average molecular weight is 440 g/mol. The van der Waals surface area contributed by atoms with Gasteiger partial charge in [-0.3, -0.25) is 4.79 Å². The molecule has 3 aromatic carbocycles. The van der Waals surface area contributed by atoms with Crippen LogP contribution in [0.3, 0.4) is 0 Å². The molecule has 0 fully saturated rings. The number of fused-ring (bicyclic) bond motifs is 1. The van der Waals surface area contributed by atoms with Gasteiger partial charge in [-0.25, -0.2) is 4.79 Å². The average Bonchev–Trinajstić information content (AvgIpc) is 2.76. The predicted octanol–water partition coefficient (Wildman–Crippen LogP) is 5.84. The topological polar surface area (TPSA) is 61.4 Å². The Bertz CT molecular complexity index is 1100. The molecular formula is C23H19Cl2N3O2. The lowest BCUT2D eigenvalue weighted by atomic mass is 9.98. The standard InChI is InChI=1S/C23H19Cl2N3O2/c24-20-9-8-19(13-21(20)25)27-23(30)26-18-7-6-15-10-11-28(14-17(15)12-18)22(29)16-4-2-1-3-5-16/h1-9,12-13H,10-11,14H2,(H2,26,27,30). The van der Waals surface area contributed by atoms with Crippen LogP contribution in [0.5, 0.6) is 0 Å². The van der Waals surface area contributed by atoms with Crippen molar-refractivity contribution >= 4 is 46.5 Å². The number of nitrogens with zero attached hydrogens (tertiary/aromatic N) is 1. The summed E-state index contributed by atoms with van der Waals surface area (Å²) in [5.74, 6) is 0.0111. The molecule has 30 heavy (non-hydrogen) atoms. The van der Waals surface area contributed by atoms with Gasteiger partial charge in [-0.2, -0.15) is 0 Å². The zero-order chi connectivity index (χ0) is 21.1. The van der Waals surface area contributed by atoms with Crippen molar-refractivity contribution in [3.63, 3.8) is 0 Å². The molecule has 152 valence electrons. The summed E-state index contributed by atoms with van der Waals surface area (Å²) in [5.41, 5.74) is 4.08. The van der Waals surface area contributed by atoms with Crippen molar-refractivity contribution in [1.29, 1.82) is 0 Å². The molecule has 0 bridgehead atoms. The van der Waals surface area contributed by atoms with Gasteiger partial charge < -0.3 is 15.5 Å². The van der Waals surface area contributed by atoms with Gasteiger partial charge in [0.1, 0.15) is 0 Å². The highest BCUT2D eigenvalue weighted by Gasteiger charge is 2.22. The lowest BCUT2D eigenvalue weighted by molar-refractivity contribution is 0.0734. The fourth-order valence-corrected chi connectivity index (χ4v) is 3.74. The van der Waals surface area contributed by atoms with Gasteiger partial charge in [-0.15, -0.1) is 0 Å². The minimum absolute atomic E-state index is 0.0111. The van der Waals surface area contributed by atoms with Crippen LogP contribution in [0.2, 0.25) is 10.0 Å². The zero-order valence-electron chi connectivity index (χ0n) is 16.0. The van der Waals surface area contributed by atoms with Gasteiger partial charge in [-0.05, 0) is 60.0 Å². The van der Waals surface area contributed by atoms with Gasteiger partial charge in [0.2, 0.25) is 0 Å². The number of urea groups is 1. The summed E-state index contributed by atoms with van der Waals surface area (Å²) in [6.45, 7) is 1.18. The molecule has 2 N–H and O–H groups in total. The highest BCUT2D eigenvalue weighted by molar-refractivity contribution is 6.42. The number of hydrogen-bond acceptors (Lipinski definition) is 2. The summed E-state index contributed by atoms with van der Waals surface area (Å²) in [6, 6.07) is 19.5. The maximum absolute atomic E-state index is 12.8. The van der Waals surface area contributed by atoms with E-state index in [0.29, 0.717) is 40.1 Å². The maximum atomic E-state index is 12.8. The molecule has 7 heteroatoms. The normalized spacial score (nSPS) is 12.8. The van der Waals surface area contributed by atoms with Gasteiger partial charge in [0.15, 0.2) is 0 Å². The van der Waals surface area contributed by atoms with Crippen molar-refractivity contribution in [2.45, 2.75) is 13.0 Å². The van der Waals surface area contributed by atoms with Crippen LogP contribution in [0.1, 0.15) is 21.5 Å². The first kappa shape index (κ1) is 20.3. The zero-order valence-corrected chi connectivity index (χ0v) is 17.5. The Morgan fingerprint density at radius 3 is 2.23 bits per heavy atom. The first-order valence-corrected chi connectivity index (χ1v) is 10.2. The Balaban J connectivity index is 1.44. The van der Waals surface area contributed by atoms with Gasteiger partial charge in [0, 0.05) is 30.0 Å². The van der Waals surface area contributed by atoms with E-state index in [1.54, 1.807) is 18.2 Å². The molecule has 0 spiro atoms. The molecule has 0 saturated carbocycles. The first-order valence-electron chi connectivity index (χ1n) is 9.49. The largest absolute Gasteiger partial charge is 0.334 e. The van der Waals surface area contributed by atoms with Crippen LogP contribution in [-0.2, 0) is 13.0 Å². The summed E-state index contributed by atoms with van der Waals surface area (Å²) in [5, 5.41) is 6.34. The number of carbonyl (C=O) groups excluding carboxylic acids is 2. The number of halogens is 2. The van der Waals surface area contributed by atoms with Crippen LogP contribution in [0, 0.1) is 0 Å². The third kappa shape index (κ3) is 4.58. The summed E-state index contributed by atoms with van der Waals surface area (Å²) in [6.07, 6.45) is 0.781. The minimum Gasteiger partial charge on any atom is -0.334 e. The maximum Gasteiger partial charge on any atom is 0.323 e. The SMILES string of the molecule is O=C(Nc1ccc(Cl)c(Cl)c1)Nc1ccc2c(c1)CN(C(=O)c1ccccc1)CC2. The van der Waals surface area contributed by atoms with Gasteiger partial charge in [0.05, 0.1) is 10.0 Å². The van der Waals surface area contributed by atoms with E-state index in [4.69, 9.17) is 23.2 Å². The van der Waals surface area contributed by atoms with E-state index in [-0.39, 0.29) is 11.9 Å². The molecule has 0 aromatic heterocycles. The van der Waals surface area contributed by atoms with Crippen molar-refractivity contribution in [2.75, 3.05) is 17.2 Å². The molecule has 3 amide bonds. The second-order valence-electron chi connectivity index (χ2n) is 7.03. The van der Waals surface area contributed by atoms with Gasteiger partial charge in [-0.1, -0.05) is 47.5 Å². The Morgan fingerprint density at radius 2 is 1.50 bits per heavy atom. The summed E-state index contributed by atoms with van der Waals surface area (Å²) >= 11 is 11.9. The molecule has 5 nitrogen and oxygen atoms in total. The van der Waals surface area contributed by atoms with E-state index in [2.05, 4.69) is 10.6 Å².